The van der Waals surface area contributed by atoms with Crippen LogP contribution in [-0.4, -0.2) is 74.7 Å². The molecule has 6 heteroatoms. The first-order valence-corrected chi connectivity index (χ1v) is 7.73. The maximum Gasteiger partial charge on any atom is 0.236 e. The summed E-state index contributed by atoms with van der Waals surface area (Å²) in [5.74, 6) is 0.263. The van der Waals surface area contributed by atoms with Crippen LogP contribution in [0.25, 0.3) is 0 Å². The number of hydrogen-bond acceptors (Lipinski definition) is 4. The van der Waals surface area contributed by atoms with Crippen molar-refractivity contribution in [1.82, 2.24) is 15.1 Å². The molecule has 21 heavy (non-hydrogen) atoms. The van der Waals surface area contributed by atoms with Gasteiger partial charge in [0.15, 0.2) is 0 Å². The van der Waals surface area contributed by atoms with Crippen LogP contribution in [0.15, 0.2) is 0 Å². The van der Waals surface area contributed by atoms with Crippen LogP contribution in [0.3, 0.4) is 0 Å². The van der Waals surface area contributed by atoms with E-state index in [0.717, 1.165) is 45.8 Å². The Hall–Kier alpha value is -0.360. The molecule has 0 saturated carbocycles. The number of likely N-dealkylation sites (tertiary alicyclic amines) is 1. The molecule has 2 fully saturated rings. The van der Waals surface area contributed by atoms with E-state index >= 15 is 0 Å². The van der Waals surface area contributed by atoms with E-state index in [9.17, 15) is 4.79 Å². The zero-order valence-corrected chi connectivity index (χ0v) is 14.4. The SMILES string of the molecule is COCC(C)(C)CN1CCCC(N2CCNCC2=O)C1.Cl. The highest BCUT2D eigenvalue weighted by molar-refractivity contribution is 5.85. The summed E-state index contributed by atoms with van der Waals surface area (Å²) in [7, 11) is 1.76. The van der Waals surface area contributed by atoms with Gasteiger partial charge >= 0.3 is 0 Å². The summed E-state index contributed by atoms with van der Waals surface area (Å²) < 4.78 is 5.31. The van der Waals surface area contributed by atoms with Gasteiger partial charge in [-0.25, -0.2) is 0 Å². The number of carbonyl (C=O) groups is 1. The number of nitrogens with zero attached hydrogens (tertiary/aromatic N) is 2. The standard InChI is InChI=1S/C15H29N3O2.ClH/c1-15(2,12-20-3)11-17-7-4-5-13(10-17)18-8-6-16-9-14(18)19;/h13,16H,4-12H2,1-3H3;1H. The number of methoxy groups -OCH3 is 1. The summed E-state index contributed by atoms with van der Waals surface area (Å²) >= 11 is 0. The number of hydrogen-bond donors (Lipinski definition) is 1. The lowest BCUT2D eigenvalue weighted by molar-refractivity contribution is -0.135. The topological polar surface area (TPSA) is 44.8 Å². The molecule has 0 aromatic carbocycles. The van der Waals surface area contributed by atoms with Crippen LogP contribution in [0.5, 0.6) is 0 Å². The van der Waals surface area contributed by atoms with Gasteiger partial charge in [0.05, 0.1) is 13.2 Å². The summed E-state index contributed by atoms with van der Waals surface area (Å²) in [4.78, 5) is 16.6. The van der Waals surface area contributed by atoms with Gasteiger partial charge in [-0.05, 0) is 19.4 Å². The van der Waals surface area contributed by atoms with E-state index in [-0.39, 0.29) is 23.7 Å². The predicted molar refractivity (Wildman–Crippen MR) is 86.9 cm³/mol. The smallest absolute Gasteiger partial charge is 0.236 e. The van der Waals surface area contributed by atoms with E-state index in [2.05, 4.69) is 29.0 Å². The molecular formula is C15H30ClN3O2. The third kappa shape index (κ3) is 5.40. The predicted octanol–water partition coefficient (Wildman–Crippen LogP) is 0.977. The minimum atomic E-state index is 0. The molecule has 124 valence electrons. The Bertz CT molecular complexity index is 339. The fourth-order valence-electron chi connectivity index (χ4n) is 3.48. The monoisotopic (exact) mass is 319 g/mol. The van der Waals surface area contributed by atoms with Crippen molar-refractivity contribution in [2.45, 2.75) is 32.7 Å². The second kappa shape index (κ2) is 8.32. The molecule has 5 nitrogen and oxygen atoms in total. The Morgan fingerprint density at radius 1 is 1.38 bits per heavy atom. The highest BCUT2D eigenvalue weighted by atomic mass is 35.5. The molecule has 1 amide bonds. The van der Waals surface area contributed by atoms with E-state index < -0.39 is 0 Å². The van der Waals surface area contributed by atoms with Crippen LogP contribution < -0.4 is 5.32 Å². The van der Waals surface area contributed by atoms with Gasteiger partial charge in [-0.15, -0.1) is 12.4 Å². The second-order valence-corrected chi connectivity index (χ2v) is 6.89. The largest absolute Gasteiger partial charge is 0.384 e. The summed E-state index contributed by atoms with van der Waals surface area (Å²) in [6.07, 6.45) is 2.33. The van der Waals surface area contributed by atoms with Crippen molar-refractivity contribution >= 4 is 18.3 Å². The van der Waals surface area contributed by atoms with Crippen molar-refractivity contribution in [2.75, 3.05) is 53.0 Å². The normalized spacial score (nSPS) is 24.8. The Kier molecular flexibility index (Phi) is 7.40. The number of nitrogens with one attached hydrogen (secondary N) is 1. The van der Waals surface area contributed by atoms with Crippen LogP contribution in [0.1, 0.15) is 26.7 Å². The highest BCUT2D eigenvalue weighted by Gasteiger charge is 2.32. The molecule has 2 rings (SSSR count). The Morgan fingerprint density at radius 2 is 2.14 bits per heavy atom. The summed E-state index contributed by atoms with van der Waals surface area (Å²) in [6.45, 7) is 10.8. The molecule has 0 spiro atoms. The first-order valence-electron chi connectivity index (χ1n) is 7.73. The van der Waals surface area contributed by atoms with Gasteiger partial charge in [0.2, 0.25) is 5.91 Å². The maximum absolute atomic E-state index is 12.0. The number of rotatable bonds is 5. The zero-order valence-electron chi connectivity index (χ0n) is 13.6. The molecule has 2 aliphatic rings. The molecule has 2 aliphatic heterocycles. The van der Waals surface area contributed by atoms with Gasteiger partial charge in [-0.1, -0.05) is 13.8 Å². The van der Waals surface area contributed by atoms with Gasteiger partial charge in [0.25, 0.3) is 0 Å². The van der Waals surface area contributed by atoms with Crippen LogP contribution in [-0.2, 0) is 9.53 Å². The lowest BCUT2D eigenvalue weighted by Crippen LogP contribution is -2.57. The van der Waals surface area contributed by atoms with E-state index in [1.807, 2.05) is 0 Å². The first kappa shape index (κ1) is 18.7. The van der Waals surface area contributed by atoms with Crippen LogP contribution in [0.4, 0.5) is 0 Å². The van der Waals surface area contributed by atoms with Crippen molar-refractivity contribution in [2.24, 2.45) is 5.41 Å². The van der Waals surface area contributed by atoms with E-state index in [1.165, 1.54) is 6.42 Å². The molecule has 0 radical (unpaired) electrons. The van der Waals surface area contributed by atoms with Crippen molar-refractivity contribution in [1.29, 1.82) is 0 Å². The number of ether oxygens (including phenoxy) is 1. The van der Waals surface area contributed by atoms with Gasteiger partial charge in [0.1, 0.15) is 0 Å². The minimum Gasteiger partial charge on any atom is -0.384 e. The quantitative estimate of drug-likeness (QED) is 0.820. The number of piperazine rings is 1. The van der Waals surface area contributed by atoms with Crippen molar-refractivity contribution < 1.29 is 9.53 Å². The lowest BCUT2D eigenvalue weighted by Gasteiger charge is -2.43. The number of halogens is 1. The van der Waals surface area contributed by atoms with Crippen LogP contribution >= 0.6 is 12.4 Å². The molecule has 0 aliphatic carbocycles. The van der Waals surface area contributed by atoms with E-state index in [4.69, 9.17) is 4.74 Å². The van der Waals surface area contributed by atoms with Gasteiger partial charge in [0, 0.05) is 44.7 Å². The fraction of sp³-hybridized carbons (Fsp3) is 0.933. The Balaban J connectivity index is 0.00000220. The van der Waals surface area contributed by atoms with Crippen molar-refractivity contribution in [3.05, 3.63) is 0 Å². The third-order valence-electron chi connectivity index (χ3n) is 4.23. The second-order valence-electron chi connectivity index (χ2n) is 6.89. The lowest BCUT2D eigenvalue weighted by atomic mass is 9.92. The van der Waals surface area contributed by atoms with Gasteiger partial charge in [-0.2, -0.15) is 0 Å². The summed E-state index contributed by atoms with van der Waals surface area (Å²) in [5, 5.41) is 3.15. The summed E-state index contributed by atoms with van der Waals surface area (Å²) in [6, 6.07) is 0.400. The molecule has 1 unspecified atom stereocenters. The van der Waals surface area contributed by atoms with E-state index in [1.54, 1.807) is 7.11 Å². The molecular weight excluding hydrogens is 290 g/mol. The van der Waals surface area contributed by atoms with E-state index in [0.29, 0.717) is 12.6 Å². The number of piperidine rings is 1. The average Bonchev–Trinajstić information content (AvgIpc) is 2.38. The molecule has 0 aromatic rings. The number of amides is 1. The highest BCUT2D eigenvalue weighted by Crippen LogP contribution is 2.22. The van der Waals surface area contributed by atoms with Crippen molar-refractivity contribution in [3.63, 3.8) is 0 Å². The van der Waals surface area contributed by atoms with Crippen LogP contribution in [0.2, 0.25) is 0 Å². The third-order valence-corrected chi connectivity index (χ3v) is 4.23. The molecule has 0 bridgehead atoms. The molecule has 0 aromatic heterocycles. The zero-order chi connectivity index (χ0) is 14.6. The molecule has 2 saturated heterocycles. The first-order chi connectivity index (χ1) is 9.52. The van der Waals surface area contributed by atoms with Gasteiger partial charge < -0.3 is 19.9 Å². The average molecular weight is 320 g/mol. The van der Waals surface area contributed by atoms with Crippen LogP contribution in [0, 0.1) is 5.41 Å². The molecule has 2 heterocycles. The number of carbonyl (C=O) groups excluding carboxylic acids is 1. The fourth-order valence-corrected chi connectivity index (χ4v) is 3.48. The minimum absolute atomic E-state index is 0. The Morgan fingerprint density at radius 3 is 2.81 bits per heavy atom. The molecule has 1 atom stereocenters. The molecule has 1 N–H and O–H groups in total. The maximum atomic E-state index is 12.0. The summed E-state index contributed by atoms with van der Waals surface area (Å²) in [5.41, 5.74) is 0.171. The Labute approximate surface area is 134 Å². The van der Waals surface area contributed by atoms with Gasteiger partial charge in [-0.3, -0.25) is 4.79 Å². The van der Waals surface area contributed by atoms with Crippen molar-refractivity contribution in [3.8, 4) is 0 Å².